The van der Waals surface area contributed by atoms with Gasteiger partial charge in [0.15, 0.2) is 10.8 Å². The molecule has 21 heavy (non-hydrogen) atoms. The van der Waals surface area contributed by atoms with Gasteiger partial charge in [0.25, 0.3) is 10.0 Å². The molecule has 0 aliphatic carbocycles. The Kier molecular flexibility index (Phi) is 3.40. The van der Waals surface area contributed by atoms with Crippen LogP contribution < -0.4 is 5.73 Å². The van der Waals surface area contributed by atoms with Crippen molar-refractivity contribution in [2.45, 2.75) is 11.6 Å². The molecule has 3 aromatic heterocycles. The van der Waals surface area contributed by atoms with Crippen LogP contribution in [0.4, 0.5) is 5.82 Å². The van der Waals surface area contributed by atoms with Gasteiger partial charge in [0, 0.05) is 18.6 Å². The number of nitrogens with two attached hydrogens (primary N) is 1. The zero-order valence-electron chi connectivity index (χ0n) is 11.2. The number of aromatic nitrogens is 3. The highest BCUT2D eigenvalue weighted by Gasteiger charge is 2.28. The Balaban J connectivity index is 2.06. The Labute approximate surface area is 125 Å². The third-order valence-corrected chi connectivity index (χ3v) is 5.51. The number of pyridine rings is 1. The molecule has 2 N–H and O–H groups in total. The minimum atomic E-state index is -3.76. The van der Waals surface area contributed by atoms with Crippen LogP contribution in [0.5, 0.6) is 0 Å². The number of rotatable bonds is 4. The highest BCUT2D eigenvalue weighted by Crippen LogP contribution is 2.23. The molecule has 0 amide bonds. The molecule has 0 radical (unpaired) electrons. The van der Waals surface area contributed by atoms with Gasteiger partial charge in [-0.15, -0.1) is 11.3 Å². The first-order chi connectivity index (χ1) is 10.00. The SMILES string of the molecule is CN(Cc1cscn1)S(=O)(=O)c1c(N)nc2ccccn12. The van der Waals surface area contributed by atoms with Gasteiger partial charge in [-0.2, -0.15) is 4.31 Å². The summed E-state index contributed by atoms with van der Waals surface area (Å²) in [6, 6.07) is 5.21. The van der Waals surface area contributed by atoms with E-state index in [1.165, 1.54) is 27.1 Å². The molecule has 0 spiro atoms. The van der Waals surface area contributed by atoms with Gasteiger partial charge < -0.3 is 5.73 Å². The lowest BCUT2D eigenvalue weighted by atomic mass is 10.5. The van der Waals surface area contributed by atoms with E-state index in [9.17, 15) is 8.42 Å². The van der Waals surface area contributed by atoms with Gasteiger partial charge in [0.2, 0.25) is 0 Å². The van der Waals surface area contributed by atoms with E-state index < -0.39 is 10.0 Å². The fourth-order valence-corrected chi connectivity index (χ4v) is 3.88. The molecule has 0 aliphatic rings. The second-order valence-corrected chi connectivity index (χ2v) is 7.15. The summed E-state index contributed by atoms with van der Waals surface area (Å²) in [6.45, 7) is 0.186. The van der Waals surface area contributed by atoms with Crippen LogP contribution >= 0.6 is 11.3 Å². The molecule has 0 fully saturated rings. The Hall–Kier alpha value is -1.97. The van der Waals surface area contributed by atoms with E-state index in [-0.39, 0.29) is 17.4 Å². The molecular weight excluding hydrogens is 310 g/mol. The van der Waals surface area contributed by atoms with Crippen molar-refractivity contribution in [2.24, 2.45) is 0 Å². The van der Waals surface area contributed by atoms with Crippen molar-refractivity contribution in [3.8, 4) is 0 Å². The minimum Gasteiger partial charge on any atom is -0.381 e. The standard InChI is InChI=1S/C12H13N5O2S2/c1-16(6-9-7-20-8-14-9)21(18,19)12-11(13)15-10-4-2-3-5-17(10)12/h2-5,7-8H,6,13H2,1H3. The zero-order valence-corrected chi connectivity index (χ0v) is 12.8. The van der Waals surface area contributed by atoms with Crippen LogP contribution in [0, 0.1) is 0 Å². The van der Waals surface area contributed by atoms with Crippen molar-refractivity contribution in [3.63, 3.8) is 0 Å². The van der Waals surface area contributed by atoms with Crippen LogP contribution in [0.1, 0.15) is 5.69 Å². The molecule has 0 saturated heterocycles. The summed E-state index contributed by atoms with van der Waals surface area (Å²) < 4.78 is 28.1. The first-order valence-corrected chi connectivity index (χ1v) is 8.44. The van der Waals surface area contributed by atoms with Crippen LogP contribution in [0.15, 0.2) is 40.3 Å². The summed E-state index contributed by atoms with van der Waals surface area (Å²) in [7, 11) is -2.26. The molecule has 7 nitrogen and oxygen atoms in total. The highest BCUT2D eigenvalue weighted by atomic mass is 32.2. The number of hydrogen-bond acceptors (Lipinski definition) is 6. The molecule has 3 rings (SSSR count). The third-order valence-electron chi connectivity index (χ3n) is 3.03. The first kappa shape index (κ1) is 14.0. The van der Waals surface area contributed by atoms with Gasteiger partial charge in [0.1, 0.15) is 5.65 Å². The number of fused-ring (bicyclic) bond motifs is 1. The summed E-state index contributed by atoms with van der Waals surface area (Å²) in [5.74, 6) is -0.00803. The fourth-order valence-electron chi connectivity index (χ4n) is 2.02. The molecule has 0 bridgehead atoms. The van der Waals surface area contributed by atoms with E-state index in [4.69, 9.17) is 5.73 Å². The van der Waals surface area contributed by atoms with Gasteiger partial charge in [-0.05, 0) is 12.1 Å². The van der Waals surface area contributed by atoms with E-state index in [1.807, 2.05) is 5.38 Å². The van der Waals surface area contributed by atoms with Gasteiger partial charge in [-0.3, -0.25) is 4.40 Å². The van der Waals surface area contributed by atoms with Crippen molar-refractivity contribution in [1.29, 1.82) is 0 Å². The van der Waals surface area contributed by atoms with Crippen LogP contribution in [0.25, 0.3) is 5.65 Å². The molecule has 3 aromatic rings. The number of imidazole rings is 1. The second-order valence-electron chi connectivity index (χ2n) is 4.47. The normalized spacial score (nSPS) is 12.3. The quantitative estimate of drug-likeness (QED) is 0.778. The van der Waals surface area contributed by atoms with Gasteiger partial charge in [-0.1, -0.05) is 6.07 Å². The largest absolute Gasteiger partial charge is 0.381 e. The minimum absolute atomic E-state index is 0.00803. The van der Waals surface area contributed by atoms with Gasteiger partial charge in [-0.25, -0.2) is 18.4 Å². The number of nitrogen functional groups attached to an aromatic ring is 1. The Morgan fingerprint density at radius 2 is 2.24 bits per heavy atom. The summed E-state index contributed by atoms with van der Waals surface area (Å²) >= 11 is 1.42. The smallest absolute Gasteiger partial charge is 0.262 e. The molecule has 0 saturated carbocycles. The second kappa shape index (κ2) is 5.10. The maximum atomic E-state index is 12.7. The summed E-state index contributed by atoms with van der Waals surface area (Å²) in [5.41, 5.74) is 8.65. The molecule has 9 heteroatoms. The topological polar surface area (TPSA) is 93.6 Å². The average Bonchev–Trinajstić information content (AvgIpc) is 3.04. The molecule has 0 atom stereocenters. The Morgan fingerprint density at radius 3 is 2.95 bits per heavy atom. The van der Waals surface area contributed by atoms with Crippen LogP contribution in [0.2, 0.25) is 0 Å². The monoisotopic (exact) mass is 323 g/mol. The zero-order chi connectivity index (χ0) is 15.0. The fraction of sp³-hybridized carbons (Fsp3) is 0.167. The van der Waals surface area contributed by atoms with Crippen LogP contribution in [-0.4, -0.2) is 34.1 Å². The Bertz CT molecular complexity index is 870. The van der Waals surface area contributed by atoms with Crippen LogP contribution in [0.3, 0.4) is 0 Å². The van der Waals surface area contributed by atoms with E-state index in [2.05, 4.69) is 9.97 Å². The van der Waals surface area contributed by atoms with Crippen molar-refractivity contribution in [3.05, 3.63) is 41.0 Å². The van der Waals surface area contributed by atoms with Crippen molar-refractivity contribution in [2.75, 3.05) is 12.8 Å². The number of anilines is 1. The van der Waals surface area contributed by atoms with Crippen molar-refractivity contribution in [1.82, 2.24) is 18.7 Å². The lowest BCUT2D eigenvalue weighted by Gasteiger charge is -2.16. The number of sulfonamides is 1. The number of hydrogen-bond donors (Lipinski definition) is 1. The molecule has 0 aromatic carbocycles. The molecule has 110 valence electrons. The first-order valence-electron chi connectivity index (χ1n) is 6.06. The van der Waals surface area contributed by atoms with Gasteiger partial charge in [0.05, 0.1) is 17.7 Å². The van der Waals surface area contributed by atoms with Crippen LogP contribution in [-0.2, 0) is 16.6 Å². The summed E-state index contributed by atoms with van der Waals surface area (Å²) in [5, 5.41) is 1.79. The molecular formula is C12H13N5O2S2. The van der Waals surface area contributed by atoms with E-state index in [1.54, 1.807) is 29.9 Å². The average molecular weight is 323 g/mol. The number of nitrogens with zero attached hydrogens (tertiary/aromatic N) is 4. The van der Waals surface area contributed by atoms with E-state index in [0.717, 1.165) is 0 Å². The number of thiazole rings is 1. The molecule has 0 aliphatic heterocycles. The molecule has 0 unspecified atom stereocenters. The Morgan fingerprint density at radius 1 is 1.43 bits per heavy atom. The lowest BCUT2D eigenvalue weighted by molar-refractivity contribution is 0.460. The summed E-state index contributed by atoms with van der Waals surface area (Å²) in [4.78, 5) is 8.17. The van der Waals surface area contributed by atoms with E-state index >= 15 is 0 Å². The van der Waals surface area contributed by atoms with E-state index in [0.29, 0.717) is 11.3 Å². The van der Waals surface area contributed by atoms with Crippen molar-refractivity contribution >= 4 is 32.8 Å². The predicted molar refractivity (Wildman–Crippen MR) is 80.4 cm³/mol. The summed E-state index contributed by atoms with van der Waals surface area (Å²) in [6.07, 6.45) is 1.63. The highest BCUT2D eigenvalue weighted by molar-refractivity contribution is 7.89. The van der Waals surface area contributed by atoms with Crippen molar-refractivity contribution < 1.29 is 8.42 Å². The molecule has 3 heterocycles. The van der Waals surface area contributed by atoms with Gasteiger partial charge >= 0.3 is 0 Å². The maximum absolute atomic E-state index is 12.7. The maximum Gasteiger partial charge on any atom is 0.262 e. The predicted octanol–water partition coefficient (Wildman–Crippen LogP) is 1.19. The lowest BCUT2D eigenvalue weighted by Crippen LogP contribution is -2.28. The third kappa shape index (κ3) is 2.39.